The van der Waals surface area contributed by atoms with Gasteiger partial charge in [0.05, 0.1) is 6.57 Å². The average Bonchev–Trinajstić information content (AvgIpc) is 2.41. The monoisotopic (exact) mass is 327 g/mol. The molecule has 0 aliphatic rings. The number of halogens is 6. The van der Waals surface area contributed by atoms with Gasteiger partial charge in [0.15, 0.2) is 5.69 Å². The van der Waals surface area contributed by atoms with Gasteiger partial charge in [-0.15, -0.1) is 0 Å². The molecule has 0 saturated heterocycles. The van der Waals surface area contributed by atoms with Crippen LogP contribution in [0.15, 0.2) is 24.3 Å². The van der Waals surface area contributed by atoms with Crippen molar-refractivity contribution in [2.75, 3.05) is 0 Å². The van der Waals surface area contributed by atoms with Gasteiger partial charge in [-0.25, -0.2) is 9.64 Å². The van der Waals surface area contributed by atoms with Crippen LogP contribution in [0.5, 0.6) is 0 Å². The van der Waals surface area contributed by atoms with Crippen LogP contribution in [-0.4, -0.2) is 29.0 Å². The Morgan fingerprint density at radius 1 is 1.09 bits per heavy atom. The molecule has 0 saturated carbocycles. The minimum Gasteiger partial charge on any atom is -0.458 e. The average molecular weight is 327 g/mol. The van der Waals surface area contributed by atoms with Crippen LogP contribution in [0.3, 0.4) is 0 Å². The molecule has 0 spiro atoms. The van der Waals surface area contributed by atoms with Crippen molar-refractivity contribution in [3.05, 3.63) is 41.2 Å². The molecule has 1 rings (SSSR count). The first kappa shape index (κ1) is 17.8. The van der Waals surface area contributed by atoms with E-state index < -0.39 is 30.5 Å². The summed E-state index contributed by atoms with van der Waals surface area (Å²) in [5.74, 6) is -2.87. The smallest absolute Gasteiger partial charge is 0.437 e. The van der Waals surface area contributed by atoms with Crippen molar-refractivity contribution in [3.63, 3.8) is 0 Å². The highest BCUT2D eigenvalue weighted by molar-refractivity contribution is 5.81. The van der Waals surface area contributed by atoms with E-state index in [1.807, 2.05) is 0 Å². The molecule has 0 atom stereocenters. The van der Waals surface area contributed by atoms with Crippen LogP contribution >= 0.6 is 0 Å². The second-order valence-corrected chi connectivity index (χ2v) is 4.06. The molecule has 0 aliphatic heterocycles. The lowest BCUT2D eigenvalue weighted by molar-refractivity contribution is -0.357. The maximum atomic E-state index is 12.4. The number of alkyl halides is 6. The zero-order chi connectivity index (χ0) is 17.2. The maximum absolute atomic E-state index is 12.4. The zero-order valence-electron chi connectivity index (χ0n) is 10.5. The molecule has 120 valence electrons. The number of ether oxygens (including phenoxy) is 1. The Hall–Kier alpha value is -2.28. The molecule has 0 bridgehead atoms. The normalized spacial score (nSPS) is 12.6. The van der Waals surface area contributed by atoms with E-state index in [2.05, 4.69) is 9.58 Å². The molecule has 22 heavy (non-hydrogen) atoms. The van der Waals surface area contributed by atoms with Crippen LogP contribution in [0.2, 0.25) is 0 Å². The molecule has 1 aromatic rings. The number of hydrogen-bond donors (Lipinski definition) is 1. The minimum atomic E-state index is -6.28. The van der Waals surface area contributed by atoms with E-state index in [-0.39, 0.29) is 11.3 Å². The Balaban J connectivity index is 2.91. The van der Waals surface area contributed by atoms with Gasteiger partial charge in [0.25, 0.3) is 0 Å². The van der Waals surface area contributed by atoms with Crippen LogP contribution in [-0.2, 0) is 16.1 Å². The molecular weight excluding hydrogens is 320 g/mol. The lowest BCUT2D eigenvalue weighted by Gasteiger charge is -2.29. The van der Waals surface area contributed by atoms with Crippen molar-refractivity contribution in [2.45, 2.75) is 24.6 Å². The van der Waals surface area contributed by atoms with E-state index in [4.69, 9.17) is 11.7 Å². The summed E-state index contributed by atoms with van der Waals surface area (Å²) in [7, 11) is 0. The van der Waals surface area contributed by atoms with E-state index in [1.165, 1.54) is 24.3 Å². The molecule has 1 N–H and O–H groups in total. The Morgan fingerprint density at radius 3 is 1.91 bits per heavy atom. The van der Waals surface area contributed by atoms with Gasteiger partial charge in [-0.2, -0.15) is 26.3 Å². The highest BCUT2D eigenvalue weighted by Crippen LogP contribution is 2.43. The molecule has 0 radical (unpaired) electrons. The van der Waals surface area contributed by atoms with Crippen molar-refractivity contribution >= 4 is 11.7 Å². The SMILES string of the molecule is [C-]#[N+]c1ccc(COC(=O)C(O)(C(F)(F)F)C(F)(F)F)cc1. The number of carbonyl (C=O) groups excluding carboxylic acids is 1. The maximum Gasteiger partial charge on any atom is 0.437 e. The molecular formula is C12H7F6NO3. The summed E-state index contributed by atoms with van der Waals surface area (Å²) in [5, 5.41) is 8.75. The van der Waals surface area contributed by atoms with Gasteiger partial charge in [-0.1, -0.05) is 24.3 Å². The van der Waals surface area contributed by atoms with Crippen molar-refractivity contribution in [1.82, 2.24) is 0 Å². The van der Waals surface area contributed by atoms with Crippen molar-refractivity contribution in [2.24, 2.45) is 0 Å². The summed E-state index contributed by atoms with van der Waals surface area (Å²) in [5.41, 5.74) is -5.37. The number of benzene rings is 1. The quantitative estimate of drug-likeness (QED) is 0.527. The van der Waals surface area contributed by atoms with Crippen LogP contribution < -0.4 is 0 Å². The molecule has 0 amide bonds. The first-order valence-corrected chi connectivity index (χ1v) is 5.43. The van der Waals surface area contributed by atoms with Crippen LogP contribution in [0.4, 0.5) is 32.0 Å². The number of rotatable bonds is 3. The number of nitrogens with zero attached hydrogens (tertiary/aromatic N) is 1. The predicted molar refractivity (Wildman–Crippen MR) is 59.6 cm³/mol. The first-order chi connectivity index (χ1) is 9.93. The summed E-state index contributed by atoms with van der Waals surface area (Å²) in [4.78, 5) is 14.1. The van der Waals surface area contributed by atoms with Gasteiger partial charge in [0, 0.05) is 0 Å². The third kappa shape index (κ3) is 3.30. The first-order valence-electron chi connectivity index (χ1n) is 5.43. The lowest BCUT2D eigenvalue weighted by atomic mass is 10.0. The van der Waals surface area contributed by atoms with Crippen LogP contribution in [0.25, 0.3) is 4.85 Å². The third-order valence-electron chi connectivity index (χ3n) is 2.55. The predicted octanol–water partition coefficient (Wildman–Crippen LogP) is 3.14. The summed E-state index contributed by atoms with van der Waals surface area (Å²) in [6, 6.07) is 4.83. The van der Waals surface area contributed by atoms with Gasteiger partial charge in [0.2, 0.25) is 0 Å². The van der Waals surface area contributed by atoms with Gasteiger partial charge in [0.1, 0.15) is 6.61 Å². The lowest BCUT2D eigenvalue weighted by Crippen LogP contribution is -2.62. The molecule has 0 aliphatic carbocycles. The standard InChI is InChI=1S/C12H7F6NO3/c1-19-8-4-2-7(3-5-8)6-22-9(20)10(21,11(13,14)15)12(16,17)18/h2-5,21H,6H2. The summed E-state index contributed by atoms with van der Waals surface area (Å²) >= 11 is 0. The Bertz CT molecular complexity index is 571. The van der Waals surface area contributed by atoms with Crippen molar-refractivity contribution < 1.29 is 41.0 Å². The fraction of sp³-hybridized carbons (Fsp3) is 0.333. The zero-order valence-corrected chi connectivity index (χ0v) is 10.5. The van der Waals surface area contributed by atoms with Crippen LogP contribution in [0.1, 0.15) is 5.56 Å². The largest absolute Gasteiger partial charge is 0.458 e. The van der Waals surface area contributed by atoms with Crippen molar-refractivity contribution in [3.8, 4) is 0 Å². The van der Waals surface area contributed by atoms with Gasteiger partial charge in [-0.3, -0.25) is 0 Å². The van der Waals surface area contributed by atoms with E-state index in [9.17, 15) is 31.1 Å². The van der Waals surface area contributed by atoms with E-state index in [1.54, 1.807) is 0 Å². The fourth-order valence-electron chi connectivity index (χ4n) is 1.31. The Morgan fingerprint density at radius 2 is 1.55 bits per heavy atom. The Kier molecular flexibility index (Phi) is 4.72. The third-order valence-corrected chi connectivity index (χ3v) is 2.55. The van der Waals surface area contributed by atoms with E-state index in [0.29, 0.717) is 0 Å². The number of hydrogen-bond acceptors (Lipinski definition) is 3. The highest BCUT2D eigenvalue weighted by Gasteiger charge is 2.76. The van der Waals surface area contributed by atoms with Crippen LogP contribution in [0, 0.1) is 6.57 Å². The topological polar surface area (TPSA) is 50.9 Å². The van der Waals surface area contributed by atoms with Crippen molar-refractivity contribution in [1.29, 1.82) is 0 Å². The van der Waals surface area contributed by atoms with Gasteiger partial charge >= 0.3 is 23.9 Å². The Labute approximate surface area is 119 Å². The number of aliphatic hydroxyl groups is 1. The molecule has 0 fully saturated rings. The highest BCUT2D eigenvalue weighted by atomic mass is 19.4. The van der Waals surface area contributed by atoms with E-state index in [0.717, 1.165) is 0 Å². The molecule has 0 heterocycles. The molecule has 0 unspecified atom stereocenters. The fourth-order valence-corrected chi connectivity index (χ4v) is 1.31. The second kappa shape index (κ2) is 5.84. The summed E-state index contributed by atoms with van der Waals surface area (Å²) < 4.78 is 78.1. The molecule has 4 nitrogen and oxygen atoms in total. The minimum absolute atomic E-state index is 0.0486. The molecule has 1 aromatic carbocycles. The van der Waals surface area contributed by atoms with E-state index >= 15 is 0 Å². The number of esters is 1. The number of carbonyl (C=O) groups is 1. The summed E-state index contributed by atoms with van der Waals surface area (Å²) in [6.07, 6.45) is -12.6. The molecule has 0 aromatic heterocycles. The van der Waals surface area contributed by atoms with Gasteiger partial charge in [-0.05, 0) is 5.56 Å². The molecule has 10 heteroatoms. The second-order valence-electron chi connectivity index (χ2n) is 4.06. The summed E-state index contributed by atoms with van der Waals surface area (Å²) in [6.45, 7) is 5.74. The van der Waals surface area contributed by atoms with Gasteiger partial charge < -0.3 is 9.84 Å².